The summed E-state index contributed by atoms with van der Waals surface area (Å²) in [6, 6.07) is 3.51. The molecule has 0 saturated heterocycles. The summed E-state index contributed by atoms with van der Waals surface area (Å²) in [6.07, 6.45) is 8.88. The van der Waals surface area contributed by atoms with Gasteiger partial charge in [0.1, 0.15) is 0 Å². The van der Waals surface area contributed by atoms with Crippen LogP contribution in [0.1, 0.15) is 25.1 Å². The van der Waals surface area contributed by atoms with Crippen LogP contribution >= 0.6 is 0 Å². The Labute approximate surface area is 144 Å². The van der Waals surface area contributed by atoms with Gasteiger partial charge >= 0.3 is 0 Å². The Bertz CT molecular complexity index is 1270. The molecule has 0 saturated carbocycles. The molecule has 0 fully saturated rings. The Morgan fingerprint density at radius 3 is 2.20 bits per heavy atom. The van der Waals surface area contributed by atoms with Gasteiger partial charge in [0.15, 0.2) is 10.9 Å². The Morgan fingerprint density at radius 2 is 1.60 bits per heavy atom. The van der Waals surface area contributed by atoms with Crippen molar-refractivity contribution in [2.24, 2.45) is 0 Å². The molecule has 0 aliphatic carbocycles. The summed E-state index contributed by atoms with van der Waals surface area (Å²) in [5.41, 5.74) is 2.56. The van der Waals surface area contributed by atoms with Crippen LogP contribution in [-0.2, 0) is 0 Å². The number of aromatic nitrogens is 2. The first kappa shape index (κ1) is 16.7. The van der Waals surface area contributed by atoms with Crippen molar-refractivity contribution in [3.05, 3.63) is 73.1 Å². The third kappa shape index (κ3) is 2.66. The van der Waals surface area contributed by atoms with E-state index in [0.29, 0.717) is 38.3 Å². The number of hydrogen-bond acceptors (Lipinski definition) is 2. The van der Waals surface area contributed by atoms with E-state index >= 15 is 0 Å². The summed E-state index contributed by atoms with van der Waals surface area (Å²) in [4.78, 5) is 32.0. The van der Waals surface area contributed by atoms with Crippen LogP contribution in [0.15, 0.2) is 40.5 Å². The van der Waals surface area contributed by atoms with Gasteiger partial charge in [0.05, 0.1) is 11.0 Å². The molecule has 0 unspecified atom stereocenters. The molecular weight excluding hydrogens is 312 g/mol. The topological polar surface area (TPSA) is 65.7 Å². The van der Waals surface area contributed by atoms with Crippen molar-refractivity contribution in [3.8, 4) is 0 Å². The minimum Gasteiger partial charge on any atom is -0.355 e. The second-order valence-electron chi connectivity index (χ2n) is 5.89. The van der Waals surface area contributed by atoms with E-state index in [9.17, 15) is 9.59 Å². The van der Waals surface area contributed by atoms with E-state index < -0.39 is 0 Å². The summed E-state index contributed by atoms with van der Waals surface area (Å²) >= 11 is 0. The quantitative estimate of drug-likeness (QED) is 0.559. The van der Waals surface area contributed by atoms with Crippen LogP contribution in [-0.4, -0.2) is 9.97 Å². The van der Waals surface area contributed by atoms with Gasteiger partial charge in [-0.05, 0) is 39.0 Å². The minimum absolute atomic E-state index is 0.0455. The van der Waals surface area contributed by atoms with Crippen LogP contribution in [0.3, 0.4) is 0 Å². The summed E-state index contributed by atoms with van der Waals surface area (Å²) in [7, 11) is 0. The maximum absolute atomic E-state index is 12.8. The smallest absolute Gasteiger partial charge is 0.196 e. The average Bonchev–Trinajstić information content (AvgIpc) is 2.62. The van der Waals surface area contributed by atoms with Gasteiger partial charge in [0.25, 0.3) is 0 Å². The third-order valence-electron chi connectivity index (χ3n) is 4.44. The van der Waals surface area contributed by atoms with Crippen molar-refractivity contribution >= 4 is 40.0 Å². The molecule has 2 N–H and O–H groups in total. The lowest BCUT2D eigenvalue weighted by molar-refractivity contribution is 1.24. The predicted octanol–water partition coefficient (Wildman–Crippen LogP) is 2.48. The normalized spacial score (nSPS) is 13.4. The van der Waals surface area contributed by atoms with Gasteiger partial charge < -0.3 is 9.97 Å². The molecule has 2 heterocycles. The number of nitrogens with one attached hydrogen (secondary N) is 2. The number of pyridine rings is 2. The van der Waals surface area contributed by atoms with Gasteiger partial charge in [-0.1, -0.05) is 30.9 Å². The van der Waals surface area contributed by atoms with Gasteiger partial charge in [-0.15, -0.1) is 0 Å². The molecule has 4 heteroatoms. The van der Waals surface area contributed by atoms with Crippen LogP contribution in [0.25, 0.3) is 40.0 Å². The van der Waals surface area contributed by atoms with Crippen molar-refractivity contribution in [3.63, 3.8) is 0 Å². The fourth-order valence-electron chi connectivity index (χ4n) is 3.07. The van der Waals surface area contributed by atoms with Gasteiger partial charge in [-0.25, -0.2) is 0 Å². The van der Waals surface area contributed by atoms with Gasteiger partial charge in [0.2, 0.25) is 0 Å². The molecule has 4 nitrogen and oxygen atoms in total. The number of allylic oxidation sites excluding steroid dienone is 2. The highest BCUT2D eigenvalue weighted by atomic mass is 16.1. The third-order valence-corrected chi connectivity index (χ3v) is 4.44. The van der Waals surface area contributed by atoms with Crippen LogP contribution in [0.4, 0.5) is 0 Å². The van der Waals surface area contributed by atoms with E-state index in [1.54, 1.807) is 43.4 Å². The van der Waals surface area contributed by atoms with E-state index in [-0.39, 0.29) is 10.9 Å². The van der Waals surface area contributed by atoms with Crippen LogP contribution in [0.2, 0.25) is 0 Å². The van der Waals surface area contributed by atoms with E-state index in [1.807, 2.05) is 19.9 Å². The van der Waals surface area contributed by atoms with Crippen molar-refractivity contribution in [2.45, 2.75) is 20.8 Å². The maximum atomic E-state index is 12.8. The largest absolute Gasteiger partial charge is 0.355 e. The fourth-order valence-corrected chi connectivity index (χ4v) is 3.07. The summed E-state index contributed by atoms with van der Waals surface area (Å²) in [6.45, 7) is 9.15. The Kier molecular flexibility index (Phi) is 4.28. The lowest BCUT2D eigenvalue weighted by Crippen LogP contribution is -2.40. The van der Waals surface area contributed by atoms with Crippen molar-refractivity contribution in [2.75, 3.05) is 0 Å². The maximum Gasteiger partial charge on any atom is 0.196 e. The Hall–Kier alpha value is -3.14. The van der Waals surface area contributed by atoms with Crippen LogP contribution in [0.5, 0.6) is 0 Å². The van der Waals surface area contributed by atoms with Crippen molar-refractivity contribution in [1.82, 2.24) is 9.97 Å². The highest BCUT2D eigenvalue weighted by Crippen LogP contribution is 2.17. The number of rotatable bonds is 2. The average molecular weight is 332 g/mol. The molecular formula is C21H20N2O2. The fraction of sp³-hybridized carbons (Fsp3) is 0.143. The first-order chi connectivity index (χ1) is 12.0. The first-order valence-corrected chi connectivity index (χ1v) is 8.16. The lowest BCUT2D eigenvalue weighted by Gasteiger charge is -2.07. The van der Waals surface area contributed by atoms with Gasteiger partial charge in [-0.2, -0.15) is 0 Å². The highest BCUT2D eigenvalue weighted by Gasteiger charge is 2.10. The zero-order valence-corrected chi connectivity index (χ0v) is 14.6. The molecule has 126 valence electrons. The molecule has 0 atom stereocenters. The molecule has 0 radical (unpaired) electrons. The van der Waals surface area contributed by atoms with Gasteiger partial charge in [-0.3, -0.25) is 9.59 Å². The van der Waals surface area contributed by atoms with E-state index in [1.165, 1.54) is 0 Å². The zero-order chi connectivity index (χ0) is 18.1. The Morgan fingerprint density at radius 1 is 0.960 bits per heavy atom. The summed E-state index contributed by atoms with van der Waals surface area (Å²) in [5.74, 6) is 0. The lowest BCUT2D eigenvalue weighted by atomic mass is 10.1. The number of fused-ring (bicyclic) bond motifs is 2. The van der Waals surface area contributed by atoms with Gasteiger partial charge in [0, 0.05) is 32.6 Å². The van der Waals surface area contributed by atoms with Crippen LogP contribution < -0.4 is 21.4 Å². The highest BCUT2D eigenvalue weighted by molar-refractivity contribution is 5.95. The van der Waals surface area contributed by atoms with Crippen molar-refractivity contribution < 1.29 is 0 Å². The van der Waals surface area contributed by atoms with E-state index in [4.69, 9.17) is 0 Å². The van der Waals surface area contributed by atoms with E-state index in [0.717, 1.165) is 5.35 Å². The standard InChI is InChI=1S/C21H20N2O2/c1-5-8-9-17-12(4)20(24)14-10-19-15(11-18(14)23-17)21(25)13(6-2)16(7-3)22-19/h5-11,22H,1H2,2-4H3,(H,23,24)/b9-8-,13-6+,16-7+. The molecule has 0 aliphatic rings. The number of H-pyrrole nitrogens is 2. The second-order valence-corrected chi connectivity index (χ2v) is 5.89. The second kappa shape index (κ2) is 6.40. The number of aromatic amines is 2. The minimum atomic E-state index is -0.0478. The van der Waals surface area contributed by atoms with E-state index in [2.05, 4.69) is 16.5 Å². The molecule has 25 heavy (non-hydrogen) atoms. The summed E-state index contributed by atoms with van der Waals surface area (Å²) in [5, 5.41) is 2.52. The molecule has 3 rings (SSSR count). The molecule has 3 aromatic rings. The van der Waals surface area contributed by atoms with Crippen molar-refractivity contribution in [1.29, 1.82) is 0 Å². The molecule has 0 amide bonds. The zero-order valence-electron chi connectivity index (χ0n) is 14.6. The molecule has 2 aromatic heterocycles. The molecule has 1 aromatic carbocycles. The monoisotopic (exact) mass is 332 g/mol. The number of hydrogen-bond donors (Lipinski definition) is 2. The molecule has 0 aliphatic heterocycles. The summed E-state index contributed by atoms with van der Waals surface area (Å²) < 4.78 is 0. The predicted molar refractivity (Wildman–Crippen MR) is 106 cm³/mol. The van der Waals surface area contributed by atoms with Crippen LogP contribution in [0, 0.1) is 6.92 Å². The molecule has 0 spiro atoms. The molecule has 0 bridgehead atoms. The first-order valence-electron chi connectivity index (χ1n) is 8.16. The SMILES string of the molecule is C=C/C=C\c1[nH]c2cc3c(=O)c(=C/C)/c(=C\C)[nH]c3cc2c(=O)c1C. The number of benzene rings is 1. The Balaban J connectivity index is 2.54.